The summed E-state index contributed by atoms with van der Waals surface area (Å²) in [4.78, 5) is 39.8. The molecule has 2 heterocycles. The van der Waals surface area contributed by atoms with Gasteiger partial charge in [0.1, 0.15) is 5.75 Å². The van der Waals surface area contributed by atoms with Gasteiger partial charge in [0.05, 0.1) is 19.6 Å². The Labute approximate surface area is 196 Å². The molecule has 3 aromatic rings. The lowest BCUT2D eigenvalue weighted by molar-refractivity contribution is -0.126. The van der Waals surface area contributed by atoms with E-state index in [1.165, 1.54) is 4.68 Å². The Hall–Kier alpha value is -3.88. The van der Waals surface area contributed by atoms with E-state index in [1.54, 1.807) is 16.6 Å². The van der Waals surface area contributed by atoms with E-state index in [1.807, 2.05) is 54.6 Å². The Balaban J connectivity index is 1.24. The summed E-state index contributed by atoms with van der Waals surface area (Å²) < 4.78 is 8.38. The predicted molar refractivity (Wildman–Crippen MR) is 127 cm³/mol. The molecule has 9 heteroatoms. The standard InChI is InChI=1S/C25H27N5O4/c1-34-21-11-7-17(8-12-21)23-27-29(25(33)30(23)20-9-10-20)14-13-26-24(32)18-15-22(31)28(16-18)19-5-3-2-4-6-19/h2-8,11-12,18,20H,9-10,13-16H2,1H3,(H,26,32). The number of carbonyl (C=O) groups is 2. The average Bonchev–Trinajstić information content (AvgIpc) is 3.54. The maximum Gasteiger partial charge on any atom is 0.346 e. The molecule has 1 atom stereocenters. The maximum atomic E-state index is 13.0. The van der Waals surface area contributed by atoms with Crippen molar-refractivity contribution in [2.75, 3.05) is 25.1 Å². The lowest BCUT2D eigenvalue weighted by atomic mass is 10.1. The van der Waals surface area contributed by atoms with E-state index < -0.39 is 5.92 Å². The van der Waals surface area contributed by atoms with Crippen molar-refractivity contribution in [2.24, 2.45) is 5.92 Å². The summed E-state index contributed by atoms with van der Waals surface area (Å²) in [5.41, 5.74) is 1.47. The number of anilines is 1. The third-order valence-corrected chi connectivity index (χ3v) is 6.32. The molecule has 1 aliphatic heterocycles. The van der Waals surface area contributed by atoms with Crippen molar-refractivity contribution in [3.63, 3.8) is 0 Å². The fourth-order valence-corrected chi connectivity index (χ4v) is 4.33. The molecular weight excluding hydrogens is 434 g/mol. The number of para-hydroxylation sites is 1. The maximum absolute atomic E-state index is 13.0. The van der Waals surface area contributed by atoms with Gasteiger partial charge in [0.2, 0.25) is 11.8 Å². The topological polar surface area (TPSA) is 98.5 Å². The number of hydrogen-bond donors (Lipinski definition) is 1. The summed E-state index contributed by atoms with van der Waals surface area (Å²) >= 11 is 0. The molecule has 34 heavy (non-hydrogen) atoms. The number of benzene rings is 2. The zero-order chi connectivity index (χ0) is 23.7. The number of rotatable bonds is 8. The molecule has 5 rings (SSSR count). The van der Waals surface area contributed by atoms with Crippen molar-refractivity contribution in [2.45, 2.75) is 31.8 Å². The van der Waals surface area contributed by atoms with Gasteiger partial charge >= 0.3 is 5.69 Å². The van der Waals surface area contributed by atoms with E-state index in [4.69, 9.17) is 4.74 Å². The van der Waals surface area contributed by atoms with Gasteiger partial charge in [0.25, 0.3) is 0 Å². The highest BCUT2D eigenvalue weighted by Crippen LogP contribution is 2.36. The molecule has 2 amide bonds. The smallest absolute Gasteiger partial charge is 0.346 e. The van der Waals surface area contributed by atoms with Crippen LogP contribution < -0.4 is 20.6 Å². The molecule has 176 valence electrons. The first kappa shape index (κ1) is 21.9. The lowest BCUT2D eigenvalue weighted by Crippen LogP contribution is -2.36. The minimum Gasteiger partial charge on any atom is -0.497 e. The zero-order valence-electron chi connectivity index (χ0n) is 19.0. The van der Waals surface area contributed by atoms with Crippen LogP contribution in [0.5, 0.6) is 5.75 Å². The van der Waals surface area contributed by atoms with Gasteiger partial charge in [-0.15, -0.1) is 5.10 Å². The molecule has 2 fully saturated rings. The molecule has 2 aliphatic rings. The number of hydrogen-bond acceptors (Lipinski definition) is 5. The summed E-state index contributed by atoms with van der Waals surface area (Å²) in [5.74, 6) is 0.707. The van der Waals surface area contributed by atoms with E-state index in [-0.39, 0.29) is 43.1 Å². The van der Waals surface area contributed by atoms with Crippen LogP contribution >= 0.6 is 0 Å². The first-order chi connectivity index (χ1) is 16.5. The number of aromatic nitrogens is 3. The van der Waals surface area contributed by atoms with E-state index in [9.17, 15) is 14.4 Å². The summed E-state index contributed by atoms with van der Waals surface area (Å²) in [6.45, 7) is 0.877. The van der Waals surface area contributed by atoms with Crippen LogP contribution in [0.15, 0.2) is 59.4 Å². The second-order valence-corrected chi connectivity index (χ2v) is 8.69. The van der Waals surface area contributed by atoms with Crippen molar-refractivity contribution < 1.29 is 14.3 Å². The highest BCUT2D eigenvalue weighted by Gasteiger charge is 2.35. The van der Waals surface area contributed by atoms with Crippen LogP contribution in [0.25, 0.3) is 11.4 Å². The van der Waals surface area contributed by atoms with Crippen molar-refractivity contribution in [3.8, 4) is 17.1 Å². The number of amides is 2. The van der Waals surface area contributed by atoms with Gasteiger partial charge in [0, 0.05) is 36.8 Å². The normalized spacial score (nSPS) is 17.7. The van der Waals surface area contributed by atoms with E-state index in [0.717, 1.165) is 29.8 Å². The molecule has 1 saturated carbocycles. The number of nitrogens with one attached hydrogen (secondary N) is 1. The van der Waals surface area contributed by atoms with Crippen LogP contribution in [-0.4, -0.2) is 46.4 Å². The second-order valence-electron chi connectivity index (χ2n) is 8.69. The Morgan fingerprint density at radius 1 is 1.09 bits per heavy atom. The van der Waals surface area contributed by atoms with Gasteiger partial charge < -0.3 is 15.0 Å². The van der Waals surface area contributed by atoms with Gasteiger partial charge in [-0.2, -0.15) is 0 Å². The molecular formula is C25H27N5O4. The second kappa shape index (κ2) is 9.17. The molecule has 1 aromatic heterocycles. The van der Waals surface area contributed by atoms with Crippen molar-refractivity contribution in [3.05, 3.63) is 65.1 Å². The van der Waals surface area contributed by atoms with E-state index in [2.05, 4.69) is 10.4 Å². The average molecular weight is 462 g/mol. The Kier molecular flexibility index (Phi) is 5.91. The molecule has 2 aromatic carbocycles. The molecule has 9 nitrogen and oxygen atoms in total. The summed E-state index contributed by atoms with van der Waals surface area (Å²) in [7, 11) is 1.61. The van der Waals surface area contributed by atoms with Crippen molar-refractivity contribution in [1.82, 2.24) is 19.7 Å². The third-order valence-electron chi connectivity index (χ3n) is 6.32. The highest BCUT2D eigenvalue weighted by molar-refractivity contribution is 6.00. The van der Waals surface area contributed by atoms with Crippen LogP contribution in [0.4, 0.5) is 5.69 Å². The van der Waals surface area contributed by atoms with E-state index in [0.29, 0.717) is 12.4 Å². The monoisotopic (exact) mass is 461 g/mol. The zero-order valence-corrected chi connectivity index (χ0v) is 19.0. The Bertz CT molecular complexity index is 1240. The van der Waals surface area contributed by atoms with Gasteiger partial charge in [-0.25, -0.2) is 9.48 Å². The van der Waals surface area contributed by atoms with Crippen LogP contribution in [-0.2, 0) is 16.1 Å². The van der Waals surface area contributed by atoms with Gasteiger partial charge in [-0.3, -0.25) is 14.2 Å². The molecule has 1 saturated heterocycles. The minimum atomic E-state index is -0.414. The lowest BCUT2D eigenvalue weighted by Gasteiger charge is -2.16. The van der Waals surface area contributed by atoms with E-state index >= 15 is 0 Å². The molecule has 0 radical (unpaired) electrons. The minimum absolute atomic E-state index is 0.0603. The number of ether oxygens (including phenoxy) is 1. The Morgan fingerprint density at radius 3 is 2.50 bits per heavy atom. The fraction of sp³-hybridized carbons (Fsp3) is 0.360. The van der Waals surface area contributed by atoms with Crippen LogP contribution in [0.2, 0.25) is 0 Å². The molecule has 0 spiro atoms. The number of methoxy groups -OCH3 is 1. The summed E-state index contributed by atoms with van der Waals surface area (Å²) in [6, 6.07) is 17.0. The quantitative estimate of drug-likeness (QED) is 0.555. The predicted octanol–water partition coefficient (Wildman–Crippen LogP) is 2.22. The van der Waals surface area contributed by atoms with Gasteiger partial charge in [0.15, 0.2) is 5.82 Å². The molecule has 1 unspecified atom stereocenters. The highest BCUT2D eigenvalue weighted by atomic mass is 16.5. The van der Waals surface area contributed by atoms with Crippen molar-refractivity contribution >= 4 is 17.5 Å². The number of carbonyl (C=O) groups excluding carboxylic acids is 2. The van der Waals surface area contributed by atoms with Crippen LogP contribution in [0, 0.1) is 5.92 Å². The Morgan fingerprint density at radius 2 is 1.82 bits per heavy atom. The molecule has 0 bridgehead atoms. The fourth-order valence-electron chi connectivity index (χ4n) is 4.33. The SMILES string of the molecule is COc1ccc(-c2nn(CCNC(=O)C3CC(=O)N(c4ccccc4)C3)c(=O)n2C2CC2)cc1. The number of nitrogens with zero attached hydrogens (tertiary/aromatic N) is 4. The first-order valence-electron chi connectivity index (χ1n) is 11.5. The van der Waals surface area contributed by atoms with Crippen LogP contribution in [0.1, 0.15) is 25.3 Å². The van der Waals surface area contributed by atoms with Crippen molar-refractivity contribution in [1.29, 1.82) is 0 Å². The summed E-state index contributed by atoms with van der Waals surface area (Å²) in [5, 5.41) is 7.45. The van der Waals surface area contributed by atoms with Gasteiger partial charge in [-0.1, -0.05) is 18.2 Å². The third kappa shape index (κ3) is 4.33. The molecule has 1 N–H and O–H groups in total. The molecule has 1 aliphatic carbocycles. The summed E-state index contributed by atoms with van der Waals surface area (Å²) in [6.07, 6.45) is 2.09. The van der Waals surface area contributed by atoms with Crippen LogP contribution in [0.3, 0.4) is 0 Å². The first-order valence-corrected chi connectivity index (χ1v) is 11.5. The van der Waals surface area contributed by atoms with Gasteiger partial charge in [-0.05, 0) is 49.2 Å². The largest absolute Gasteiger partial charge is 0.497 e.